The second kappa shape index (κ2) is 5.32. The first kappa shape index (κ1) is 15.2. The summed E-state index contributed by atoms with van der Waals surface area (Å²) in [6.45, 7) is 1.47. The number of aromatic amines is 1. The van der Waals surface area contributed by atoms with Gasteiger partial charge in [-0.3, -0.25) is 4.79 Å². The van der Waals surface area contributed by atoms with E-state index in [1.54, 1.807) is 0 Å². The van der Waals surface area contributed by atoms with Gasteiger partial charge in [0.25, 0.3) is 5.56 Å². The van der Waals surface area contributed by atoms with Gasteiger partial charge in [0.15, 0.2) is 0 Å². The molecule has 1 aromatic carbocycles. The second-order valence-electron chi connectivity index (χ2n) is 4.56. The Balaban J connectivity index is 3.02. The highest BCUT2D eigenvalue weighted by molar-refractivity contribution is 6.07. The third-order valence-electron chi connectivity index (χ3n) is 3.13. The Labute approximate surface area is 122 Å². The number of nitrogens with one attached hydrogen (secondary N) is 1. The predicted molar refractivity (Wildman–Crippen MR) is 75.5 cm³/mol. The Bertz CT molecular complexity index is 857. The first-order valence-corrected chi connectivity index (χ1v) is 6.03. The Hall–Kier alpha value is -3.16. The topological polar surface area (TPSA) is 133 Å². The van der Waals surface area contributed by atoms with Gasteiger partial charge in [0.1, 0.15) is 22.8 Å². The number of carboxylic acid groups (broad SMARTS) is 2. The first-order valence-electron chi connectivity index (χ1n) is 6.03. The fraction of sp³-hybridized carbons (Fsp3) is 0.0714. The summed E-state index contributed by atoms with van der Waals surface area (Å²) in [6.07, 6.45) is 0. The number of aryl methyl sites for hydroxylation is 1. The smallest absolute Gasteiger partial charge is 0.342 e. The molecule has 0 radical (unpaired) electrons. The lowest BCUT2D eigenvalue weighted by Gasteiger charge is -2.14. The van der Waals surface area contributed by atoms with E-state index in [1.165, 1.54) is 13.0 Å². The van der Waals surface area contributed by atoms with Crippen LogP contribution in [0.4, 0.5) is 10.2 Å². The highest BCUT2D eigenvalue weighted by Gasteiger charge is 2.27. The number of halogens is 1. The van der Waals surface area contributed by atoms with Gasteiger partial charge in [0.2, 0.25) is 0 Å². The van der Waals surface area contributed by atoms with Crippen molar-refractivity contribution in [2.45, 2.75) is 6.92 Å². The molecule has 0 aliphatic carbocycles. The third-order valence-corrected chi connectivity index (χ3v) is 3.13. The molecular formula is C14H11FN2O5. The lowest BCUT2D eigenvalue weighted by molar-refractivity contribution is 0.0695. The fourth-order valence-electron chi connectivity index (χ4n) is 2.22. The maximum atomic E-state index is 13.2. The van der Waals surface area contributed by atoms with E-state index in [0.717, 1.165) is 12.1 Å². The van der Waals surface area contributed by atoms with E-state index in [-0.39, 0.29) is 16.7 Å². The van der Waals surface area contributed by atoms with Crippen LogP contribution in [-0.2, 0) is 0 Å². The maximum Gasteiger partial charge on any atom is 0.342 e. The van der Waals surface area contributed by atoms with Crippen molar-refractivity contribution in [1.82, 2.24) is 4.98 Å². The molecule has 0 atom stereocenters. The normalized spacial score (nSPS) is 10.5. The van der Waals surface area contributed by atoms with Crippen molar-refractivity contribution in [2.24, 2.45) is 0 Å². The minimum Gasteiger partial charge on any atom is -0.478 e. The second-order valence-corrected chi connectivity index (χ2v) is 4.56. The predicted octanol–water partition coefficient (Wildman–Crippen LogP) is 1.47. The average molecular weight is 306 g/mol. The molecule has 0 amide bonds. The summed E-state index contributed by atoms with van der Waals surface area (Å²) in [5.41, 5.74) is 3.19. The van der Waals surface area contributed by atoms with Crippen molar-refractivity contribution in [2.75, 3.05) is 5.73 Å². The van der Waals surface area contributed by atoms with Crippen LogP contribution >= 0.6 is 0 Å². The molecule has 0 unspecified atom stereocenters. The van der Waals surface area contributed by atoms with Crippen LogP contribution in [0, 0.1) is 12.7 Å². The maximum absolute atomic E-state index is 13.2. The monoisotopic (exact) mass is 306 g/mol. The number of carbonyl (C=O) groups is 2. The summed E-state index contributed by atoms with van der Waals surface area (Å²) in [4.78, 5) is 36.6. The summed E-state index contributed by atoms with van der Waals surface area (Å²) in [6, 6.07) is 3.35. The highest BCUT2D eigenvalue weighted by Crippen LogP contribution is 2.31. The van der Waals surface area contributed by atoms with Crippen LogP contribution in [0.3, 0.4) is 0 Å². The molecule has 2 aromatic rings. The summed E-state index contributed by atoms with van der Waals surface area (Å²) < 4.78 is 13.2. The van der Waals surface area contributed by atoms with E-state index >= 15 is 0 Å². The van der Waals surface area contributed by atoms with E-state index in [1.807, 2.05) is 4.98 Å². The van der Waals surface area contributed by atoms with Gasteiger partial charge in [-0.1, -0.05) is 6.07 Å². The van der Waals surface area contributed by atoms with Gasteiger partial charge in [-0.2, -0.15) is 0 Å². The molecule has 2 rings (SSSR count). The van der Waals surface area contributed by atoms with Gasteiger partial charge in [0, 0.05) is 5.56 Å². The van der Waals surface area contributed by atoms with Gasteiger partial charge < -0.3 is 20.9 Å². The Morgan fingerprint density at radius 3 is 2.27 bits per heavy atom. The standard InChI is InChI=1S/C14H11FN2O5/c1-5-4-6(15)2-3-7(5)8-9(13(19)20)11(16)17-12(18)10(8)14(21)22/h2-4H,1H3,(H,19,20)(H,21,22)(H3,16,17,18). The molecule has 5 N–H and O–H groups in total. The van der Waals surface area contributed by atoms with Gasteiger partial charge in [0.05, 0.1) is 0 Å². The lowest BCUT2D eigenvalue weighted by atomic mass is 9.92. The van der Waals surface area contributed by atoms with E-state index in [4.69, 9.17) is 5.73 Å². The van der Waals surface area contributed by atoms with Crippen molar-refractivity contribution in [3.63, 3.8) is 0 Å². The van der Waals surface area contributed by atoms with Crippen LogP contribution in [0.1, 0.15) is 26.3 Å². The minimum atomic E-state index is -1.61. The summed E-state index contributed by atoms with van der Waals surface area (Å²) in [5, 5.41) is 18.5. The van der Waals surface area contributed by atoms with E-state index in [2.05, 4.69) is 0 Å². The largest absolute Gasteiger partial charge is 0.478 e. The van der Waals surface area contributed by atoms with Crippen molar-refractivity contribution in [1.29, 1.82) is 0 Å². The SMILES string of the molecule is Cc1cc(F)ccc1-c1c(C(=O)O)c(N)[nH]c(=O)c1C(=O)O. The first-order chi connectivity index (χ1) is 10.2. The lowest BCUT2D eigenvalue weighted by Crippen LogP contribution is -2.24. The van der Waals surface area contributed by atoms with Crippen LogP contribution in [0.2, 0.25) is 0 Å². The molecule has 0 bridgehead atoms. The number of H-pyrrole nitrogens is 1. The highest BCUT2D eigenvalue weighted by atomic mass is 19.1. The minimum absolute atomic E-state index is 0.106. The molecule has 1 aromatic heterocycles. The number of rotatable bonds is 3. The molecule has 0 fully saturated rings. The number of anilines is 1. The fourth-order valence-corrected chi connectivity index (χ4v) is 2.22. The molecule has 7 nitrogen and oxygen atoms in total. The molecule has 22 heavy (non-hydrogen) atoms. The summed E-state index contributed by atoms with van der Waals surface area (Å²) in [5.74, 6) is -4.16. The number of pyridine rings is 1. The van der Waals surface area contributed by atoms with Crippen molar-refractivity contribution in [3.8, 4) is 11.1 Å². The molecule has 114 valence electrons. The number of nitrogens with two attached hydrogens (primary N) is 1. The number of hydrogen-bond acceptors (Lipinski definition) is 4. The van der Waals surface area contributed by atoms with Crippen LogP contribution < -0.4 is 11.3 Å². The molecule has 0 aliphatic rings. The van der Waals surface area contributed by atoms with Crippen molar-refractivity contribution in [3.05, 3.63) is 51.1 Å². The zero-order chi connectivity index (χ0) is 16.6. The third kappa shape index (κ3) is 2.41. The summed E-state index contributed by atoms with van der Waals surface area (Å²) in [7, 11) is 0. The molecule has 1 heterocycles. The van der Waals surface area contributed by atoms with Crippen LogP contribution in [0.25, 0.3) is 11.1 Å². The van der Waals surface area contributed by atoms with Crippen LogP contribution in [-0.4, -0.2) is 27.1 Å². The quantitative estimate of drug-likeness (QED) is 0.678. The van der Waals surface area contributed by atoms with Gasteiger partial charge in [-0.05, 0) is 30.2 Å². The van der Waals surface area contributed by atoms with Crippen molar-refractivity contribution < 1.29 is 24.2 Å². The Morgan fingerprint density at radius 1 is 1.18 bits per heavy atom. The number of aromatic nitrogens is 1. The van der Waals surface area contributed by atoms with E-state index in [0.29, 0.717) is 0 Å². The molecule has 0 aliphatic heterocycles. The average Bonchev–Trinajstić information content (AvgIpc) is 2.36. The van der Waals surface area contributed by atoms with Crippen molar-refractivity contribution >= 4 is 17.8 Å². The molecular weight excluding hydrogens is 295 g/mol. The van der Waals surface area contributed by atoms with Gasteiger partial charge in [-0.15, -0.1) is 0 Å². The molecule has 0 saturated heterocycles. The van der Waals surface area contributed by atoms with Crippen LogP contribution in [0.5, 0.6) is 0 Å². The number of nitrogen functional groups attached to an aromatic ring is 1. The molecule has 0 saturated carbocycles. The van der Waals surface area contributed by atoms with E-state index in [9.17, 15) is 29.0 Å². The number of benzene rings is 1. The molecule has 8 heteroatoms. The zero-order valence-corrected chi connectivity index (χ0v) is 11.3. The number of aromatic carboxylic acids is 2. The zero-order valence-electron chi connectivity index (χ0n) is 11.3. The number of carboxylic acids is 2. The number of hydrogen-bond donors (Lipinski definition) is 4. The Kier molecular flexibility index (Phi) is 3.68. The summed E-state index contributed by atoms with van der Waals surface area (Å²) >= 11 is 0. The van der Waals surface area contributed by atoms with Crippen LogP contribution in [0.15, 0.2) is 23.0 Å². The Morgan fingerprint density at radius 2 is 1.77 bits per heavy atom. The van der Waals surface area contributed by atoms with Gasteiger partial charge >= 0.3 is 11.9 Å². The molecule has 0 spiro atoms. The van der Waals surface area contributed by atoms with E-state index < -0.39 is 40.3 Å². The van der Waals surface area contributed by atoms with Gasteiger partial charge in [-0.25, -0.2) is 14.0 Å².